The Morgan fingerprint density at radius 3 is 2.56 bits per heavy atom. The molecule has 0 aliphatic carbocycles. The van der Waals surface area contributed by atoms with Gasteiger partial charge in [0.1, 0.15) is 12.4 Å². The lowest BCUT2D eigenvalue weighted by Gasteiger charge is -2.28. The van der Waals surface area contributed by atoms with Crippen LogP contribution in [-0.4, -0.2) is 37.7 Å². The Labute approximate surface area is 152 Å². The van der Waals surface area contributed by atoms with Gasteiger partial charge < -0.3 is 15.0 Å². The monoisotopic (exact) mass is 338 g/mol. The minimum absolute atomic E-state index is 0.286. The van der Waals surface area contributed by atoms with E-state index in [0.29, 0.717) is 0 Å². The van der Waals surface area contributed by atoms with Crippen LogP contribution in [0.3, 0.4) is 0 Å². The molecule has 1 unspecified atom stereocenters. The third-order valence-corrected chi connectivity index (χ3v) is 5.15. The molecule has 1 N–H and O–H groups in total. The first kappa shape index (κ1) is 18.0. The quantitative estimate of drug-likeness (QED) is 0.827. The van der Waals surface area contributed by atoms with E-state index in [2.05, 4.69) is 73.5 Å². The van der Waals surface area contributed by atoms with Crippen LogP contribution in [0.15, 0.2) is 42.5 Å². The number of hydrogen-bond acceptors (Lipinski definition) is 3. The van der Waals surface area contributed by atoms with Gasteiger partial charge in [-0.3, -0.25) is 0 Å². The van der Waals surface area contributed by atoms with Crippen molar-refractivity contribution in [2.75, 3.05) is 32.8 Å². The molecule has 0 bridgehead atoms. The zero-order valence-corrected chi connectivity index (χ0v) is 15.7. The maximum absolute atomic E-state index is 6.00. The summed E-state index contributed by atoms with van der Waals surface area (Å²) in [6.07, 6.45) is 1.06. The standard InChI is InChI=1S/C22H30N2O/c1-4-24(5-2)14-15-25-20-10-11-21-19(16-20)12-13-23-22(21)18-8-6-17(3)7-9-18/h6-11,16,22-23H,4-5,12-15H2,1-3H3. The number of nitrogens with zero attached hydrogens (tertiary/aromatic N) is 1. The van der Waals surface area contributed by atoms with Gasteiger partial charge in [0.15, 0.2) is 0 Å². The van der Waals surface area contributed by atoms with Crippen LogP contribution in [0.5, 0.6) is 5.75 Å². The van der Waals surface area contributed by atoms with Gasteiger partial charge in [-0.05, 0) is 55.3 Å². The van der Waals surface area contributed by atoms with Crippen LogP contribution in [-0.2, 0) is 6.42 Å². The predicted octanol–water partition coefficient (Wildman–Crippen LogP) is 3.95. The van der Waals surface area contributed by atoms with Crippen LogP contribution in [0.25, 0.3) is 0 Å². The zero-order valence-electron chi connectivity index (χ0n) is 15.7. The number of fused-ring (bicyclic) bond motifs is 1. The SMILES string of the molecule is CCN(CC)CCOc1ccc2c(c1)CCNC2c1ccc(C)cc1. The Balaban J connectivity index is 1.70. The van der Waals surface area contributed by atoms with Crippen LogP contribution in [0.4, 0.5) is 0 Å². The summed E-state index contributed by atoms with van der Waals surface area (Å²) in [5.74, 6) is 0.996. The van der Waals surface area contributed by atoms with E-state index in [4.69, 9.17) is 4.74 Å². The fraction of sp³-hybridized carbons (Fsp3) is 0.455. The minimum atomic E-state index is 0.286. The van der Waals surface area contributed by atoms with Crippen molar-refractivity contribution in [3.8, 4) is 5.75 Å². The molecule has 0 fully saturated rings. The number of hydrogen-bond donors (Lipinski definition) is 1. The van der Waals surface area contributed by atoms with Gasteiger partial charge in [-0.2, -0.15) is 0 Å². The van der Waals surface area contributed by atoms with Gasteiger partial charge in [0.2, 0.25) is 0 Å². The van der Waals surface area contributed by atoms with E-state index in [1.54, 1.807) is 0 Å². The molecule has 3 heteroatoms. The second kappa shape index (κ2) is 8.50. The lowest BCUT2D eigenvalue weighted by molar-refractivity contribution is 0.222. The second-order valence-corrected chi connectivity index (χ2v) is 6.78. The third-order valence-electron chi connectivity index (χ3n) is 5.15. The van der Waals surface area contributed by atoms with Crippen molar-refractivity contribution in [2.45, 2.75) is 33.2 Å². The van der Waals surface area contributed by atoms with E-state index in [9.17, 15) is 0 Å². The average molecular weight is 338 g/mol. The van der Waals surface area contributed by atoms with Crippen molar-refractivity contribution in [1.82, 2.24) is 10.2 Å². The maximum Gasteiger partial charge on any atom is 0.119 e. The van der Waals surface area contributed by atoms with Crippen molar-refractivity contribution in [2.24, 2.45) is 0 Å². The summed E-state index contributed by atoms with van der Waals surface area (Å²) in [7, 11) is 0. The smallest absolute Gasteiger partial charge is 0.119 e. The van der Waals surface area contributed by atoms with Gasteiger partial charge in [0.25, 0.3) is 0 Å². The molecule has 2 aromatic rings. The molecule has 3 rings (SSSR count). The largest absolute Gasteiger partial charge is 0.492 e. The number of ether oxygens (including phenoxy) is 1. The van der Waals surface area contributed by atoms with Crippen LogP contribution >= 0.6 is 0 Å². The molecular formula is C22H30N2O. The van der Waals surface area contributed by atoms with Gasteiger partial charge in [-0.1, -0.05) is 49.7 Å². The van der Waals surface area contributed by atoms with Gasteiger partial charge in [0.05, 0.1) is 6.04 Å². The lowest BCUT2D eigenvalue weighted by Crippen LogP contribution is -2.30. The fourth-order valence-corrected chi connectivity index (χ4v) is 3.52. The van der Waals surface area contributed by atoms with Crippen molar-refractivity contribution in [3.05, 3.63) is 64.7 Å². The molecule has 0 saturated heterocycles. The van der Waals surface area contributed by atoms with Crippen LogP contribution in [0, 0.1) is 6.92 Å². The Kier molecular flexibility index (Phi) is 6.11. The van der Waals surface area contributed by atoms with Crippen LogP contribution in [0.1, 0.15) is 42.1 Å². The summed E-state index contributed by atoms with van der Waals surface area (Å²) in [6, 6.07) is 15.7. The number of rotatable bonds is 7. The molecule has 1 aliphatic heterocycles. The Hall–Kier alpha value is -1.84. The number of benzene rings is 2. The van der Waals surface area contributed by atoms with Gasteiger partial charge >= 0.3 is 0 Å². The van der Waals surface area contributed by atoms with Crippen molar-refractivity contribution in [1.29, 1.82) is 0 Å². The van der Waals surface area contributed by atoms with Crippen LogP contribution in [0.2, 0.25) is 0 Å². The van der Waals surface area contributed by atoms with Crippen molar-refractivity contribution >= 4 is 0 Å². The summed E-state index contributed by atoms with van der Waals surface area (Å²) in [6.45, 7) is 11.4. The van der Waals surface area contributed by atoms with E-state index >= 15 is 0 Å². The molecule has 0 radical (unpaired) electrons. The molecule has 1 heterocycles. The van der Waals surface area contributed by atoms with E-state index in [1.807, 2.05) is 0 Å². The molecule has 0 amide bonds. The molecule has 0 aromatic heterocycles. The molecule has 0 saturated carbocycles. The maximum atomic E-state index is 6.00. The molecular weight excluding hydrogens is 308 g/mol. The molecule has 134 valence electrons. The van der Waals surface area contributed by atoms with E-state index in [0.717, 1.165) is 45.0 Å². The number of aryl methyl sites for hydroxylation is 1. The Morgan fingerprint density at radius 1 is 1.08 bits per heavy atom. The summed E-state index contributed by atoms with van der Waals surface area (Å²) in [4.78, 5) is 2.38. The highest BCUT2D eigenvalue weighted by molar-refractivity contribution is 5.44. The first-order valence-electron chi connectivity index (χ1n) is 9.49. The number of likely N-dealkylation sites (N-methyl/N-ethyl adjacent to an activating group) is 1. The summed E-state index contributed by atoms with van der Waals surface area (Å²) in [5, 5.41) is 3.66. The topological polar surface area (TPSA) is 24.5 Å². The van der Waals surface area contributed by atoms with E-state index in [1.165, 1.54) is 22.3 Å². The van der Waals surface area contributed by atoms with Gasteiger partial charge in [-0.15, -0.1) is 0 Å². The lowest BCUT2D eigenvalue weighted by atomic mass is 9.89. The highest BCUT2D eigenvalue weighted by Gasteiger charge is 2.21. The average Bonchev–Trinajstić information content (AvgIpc) is 2.65. The first-order valence-corrected chi connectivity index (χ1v) is 9.49. The van der Waals surface area contributed by atoms with Crippen LogP contribution < -0.4 is 10.1 Å². The Bertz CT molecular complexity index is 677. The second-order valence-electron chi connectivity index (χ2n) is 6.78. The molecule has 3 nitrogen and oxygen atoms in total. The first-order chi connectivity index (χ1) is 12.2. The van der Waals surface area contributed by atoms with Crippen molar-refractivity contribution in [3.63, 3.8) is 0 Å². The molecule has 2 aromatic carbocycles. The highest BCUT2D eigenvalue weighted by atomic mass is 16.5. The molecule has 1 atom stereocenters. The highest BCUT2D eigenvalue weighted by Crippen LogP contribution is 2.31. The van der Waals surface area contributed by atoms with Gasteiger partial charge in [-0.25, -0.2) is 0 Å². The molecule has 1 aliphatic rings. The van der Waals surface area contributed by atoms with Gasteiger partial charge in [0, 0.05) is 13.1 Å². The summed E-state index contributed by atoms with van der Waals surface area (Å²) < 4.78 is 6.00. The summed E-state index contributed by atoms with van der Waals surface area (Å²) >= 11 is 0. The predicted molar refractivity (Wildman–Crippen MR) is 104 cm³/mol. The van der Waals surface area contributed by atoms with E-state index < -0.39 is 0 Å². The minimum Gasteiger partial charge on any atom is -0.492 e. The summed E-state index contributed by atoms with van der Waals surface area (Å²) in [5.41, 5.74) is 5.43. The third kappa shape index (κ3) is 4.42. The van der Waals surface area contributed by atoms with Crippen molar-refractivity contribution < 1.29 is 4.74 Å². The number of nitrogens with one attached hydrogen (secondary N) is 1. The normalized spacial score (nSPS) is 16.7. The molecule has 25 heavy (non-hydrogen) atoms. The van der Waals surface area contributed by atoms with E-state index in [-0.39, 0.29) is 6.04 Å². The Morgan fingerprint density at radius 2 is 1.84 bits per heavy atom. The molecule has 0 spiro atoms. The zero-order chi connectivity index (χ0) is 17.6. The fourth-order valence-electron chi connectivity index (χ4n) is 3.52.